The van der Waals surface area contributed by atoms with Gasteiger partial charge in [-0.25, -0.2) is 0 Å². The molecule has 0 bridgehead atoms. The fourth-order valence-electron chi connectivity index (χ4n) is 2.32. The van der Waals surface area contributed by atoms with E-state index in [4.69, 9.17) is 11.6 Å². The fraction of sp³-hybridized carbons (Fsp3) is 0.900. The third kappa shape index (κ3) is 2.44. The number of hydrogen-bond acceptors (Lipinski definition) is 2. The quantitative estimate of drug-likeness (QED) is 0.643. The van der Waals surface area contributed by atoms with E-state index in [2.05, 4.69) is 18.7 Å². The average molecular weight is 204 g/mol. The summed E-state index contributed by atoms with van der Waals surface area (Å²) < 4.78 is 0. The van der Waals surface area contributed by atoms with Crippen molar-refractivity contribution in [1.82, 2.24) is 4.90 Å². The van der Waals surface area contributed by atoms with Gasteiger partial charge in [-0.3, -0.25) is 9.69 Å². The largest absolute Gasteiger partial charge is 0.287 e. The van der Waals surface area contributed by atoms with Crippen molar-refractivity contribution in [2.75, 3.05) is 0 Å². The standard InChI is InChI=1S/C10H18ClNO/c1-7-5-4-6-8(2)12(7)9(3)10(11)13/h7-9H,4-6H2,1-3H3. The van der Waals surface area contributed by atoms with Crippen LogP contribution in [-0.2, 0) is 4.79 Å². The summed E-state index contributed by atoms with van der Waals surface area (Å²) in [6.07, 6.45) is 3.62. The highest BCUT2D eigenvalue weighted by Gasteiger charge is 2.31. The molecule has 76 valence electrons. The zero-order chi connectivity index (χ0) is 10.0. The minimum atomic E-state index is -0.236. The Labute approximate surface area is 85.2 Å². The lowest BCUT2D eigenvalue weighted by Crippen LogP contribution is -2.50. The first-order chi connectivity index (χ1) is 6.04. The van der Waals surface area contributed by atoms with Gasteiger partial charge in [-0.15, -0.1) is 0 Å². The highest BCUT2D eigenvalue weighted by molar-refractivity contribution is 6.64. The van der Waals surface area contributed by atoms with Gasteiger partial charge in [0.25, 0.3) is 0 Å². The minimum Gasteiger partial charge on any atom is -0.287 e. The molecule has 13 heavy (non-hydrogen) atoms. The number of carbonyl (C=O) groups excluding carboxylic acids is 1. The van der Waals surface area contributed by atoms with E-state index >= 15 is 0 Å². The fourth-order valence-corrected chi connectivity index (χ4v) is 2.43. The molecule has 0 aromatic rings. The van der Waals surface area contributed by atoms with Gasteiger partial charge < -0.3 is 0 Å². The van der Waals surface area contributed by atoms with Crippen molar-refractivity contribution >= 4 is 16.8 Å². The normalized spacial score (nSPS) is 32.9. The van der Waals surface area contributed by atoms with E-state index in [1.54, 1.807) is 0 Å². The van der Waals surface area contributed by atoms with Gasteiger partial charge in [0.05, 0.1) is 6.04 Å². The number of halogens is 1. The van der Waals surface area contributed by atoms with E-state index in [-0.39, 0.29) is 11.3 Å². The molecule has 3 atom stereocenters. The maximum Gasteiger partial charge on any atom is 0.238 e. The minimum absolute atomic E-state index is 0.132. The predicted octanol–water partition coefficient (Wildman–Crippen LogP) is 2.40. The summed E-state index contributed by atoms with van der Waals surface area (Å²) in [4.78, 5) is 13.3. The van der Waals surface area contributed by atoms with Gasteiger partial charge in [-0.05, 0) is 45.2 Å². The van der Waals surface area contributed by atoms with E-state index in [1.807, 2.05) is 6.92 Å². The van der Waals surface area contributed by atoms with Crippen molar-refractivity contribution in [1.29, 1.82) is 0 Å². The number of carbonyl (C=O) groups is 1. The highest BCUT2D eigenvalue weighted by atomic mass is 35.5. The van der Waals surface area contributed by atoms with Crippen LogP contribution in [0.1, 0.15) is 40.0 Å². The monoisotopic (exact) mass is 203 g/mol. The number of likely N-dealkylation sites (tertiary alicyclic amines) is 1. The average Bonchev–Trinajstić information content (AvgIpc) is 2.03. The molecule has 3 unspecified atom stereocenters. The molecule has 3 heteroatoms. The van der Waals surface area contributed by atoms with Crippen LogP contribution < -0.4 is 0 Å². The van der Waals surface area contributed by atoms with Crippen LogP contribution in [0.4, 0.5) is 0 Å². The Kier molecular flexibility index (Phi) is 3.74. The van der Waals surface area contributed by atoms with Gasteiger partial charge in [0, 0.05) is 12.1 Å². The summed E-state index contributed by atoms with van der Waals surface area (Å²) >= 11 is 5.51. The summed E-state index contributed by atoms with van der Waals surface area (Å²) in [5.41, 5.74) is 0. The van der Waals surface area contributed by atoms with Crippen LogP contribution in [0.5, 0.6) is 0 Å². The Hall–Kier alpha value is -0.0800. The van der Waals surface area contributed by atoms with Crippen LogP contribution in [0.2, 0.25) is 0 Å². The van der Waals surface area contributed by atoms with Gasteiger partial charge >= 0.3 is 0 Å². The lowest BCUT2D eigenvalue weighted by Gasteiger charge is -2.41. The molecule has 1 heterocycles. The zero-order valence-electron chi connectivity index (χ0n) is 8.59. The van der Waals surface area contributed by atoms with Crippen LogP contribution in [0.15, 0.2) is 0 Å². The molecule has 1 aliphatic rings. The molecule has 1 fully saturated rings. The molecule has 0 aromatic carbocycles. The smallest absolute Gasteiger partial charge is 0.238 e. The van der Waals surface area contributed by atoms with Crippen LogP contribution >= 0.6 is 11.6 Å². The van der Waals surface area contributed by atoms with Gasteiger partial charge in [0.15, 0.2) is 0 Å². The third-order valence-corrected chi connectivity index (χ3v) is 3.35. The Morgan fingerprint density at radius 2 is 1.85 bits per heavy atom. The summed E-state index contributed by atoms with van der Waals surface area (Å²) in [5.74, 6) is 0. The highest BCUT2D eigenvalue weighted by Crippen LogP contribution is 2.25. The van der Waals surface area contributed by atoms with E-state index in [0.717, 1.165) is 0 Å². The Morgan fingerprint density at radius 3 is 2.23 bits per heavy atom. The van der Waals surface area contributed by atoms with Crippen LogP contribution in [0, 0.1) is 0 Å². The molecule has 2 nitrogen and oxygen atoms in total. The van der Waals surface area contributed by atoms with Crippen molar-refractivity contribution in [3.8, 4) is 0 Å². The summed E-state index contributed by atoms with van der Waals surface area (Å²) in [6.45, 7) is 6.24. The topological polar surface area (TPSA) is 20.3 Å². The second-order valence-corrected chi connectivity index (χ2v) is 4.43. The molecule has 0 amide bonds. The maximum absolute atomic E-state index is 11.1. The zero-order valence-corrected chi connectivity index (χ0v) is 9.34. The van der Waals surface area contributed by atoms with E-state index in [1.165, 1.54) is 19.3 Å². The molecular formula is C10H18ClNO. The SMILES string of the molecule is CC1CCCC(C)N1C(C)C(=O)Cl. The van der Waals surface area contributed by atoms with Gasteiger partial charge in [-0.1, -0.05) is 6.42 Å². The van der Waals surface area contributed by atoms with E-state index in [0.29, 0.717) is 12.1 Å². The van der Waals surface area contributed by atoms with Crippen molar-refractivity contribution < 1.29 is 4.79 Å². The van der Waals surface area contributed by atoms with Gasteiger partial charge in [0.1, 0.15) is 0 Å². The van der Waals surface area contributed by atoms with Crippen molar-refractivity contribution in [3.05, 3.63) is 0 Å². The number of rotatable bonds is 2. The maximum atomic E-state index is 11.1. The lowest BCUT2D eigenvalue weighted by atomic mass is 9.96. The second-order valence-electron chi connectivity index (χ2n) is 4.06. The molecule has 0 aromatic heterocycles. The van der Waals surface area contributed by atoms with Crippen LogP contribution in [-0.4, -0.2) is 28.3 Å². The molecular weight excluding hydrogens is 186 g/mol. The Balaban J connectivity index is 2.67. The number of piperidine rings is 1. The van der Waals surface area contributed by atoms with E-state index < -0.39 is 0 Å². The molecule has 1 rings (SSSR count). The van der Waals surface area contributed by atoms with Crippen molar-refractivity contribution in [2.45, 2.75) is 58.2 Å². The molecule has 0 N–H and O–H groups in total. The number of hydrogen-bond donors (Lipinski definition) is 0. The summed E-state index contributed by atoms with van der Waals surface area (Å²) in [6, 6.07) is 0.842. The first kappa shape index (κ1) is 11.0. The Morgan fingerprint density at radius 1 is 1.38 bits per heavy atom. The van der Waals surface area contributed by atoms with Crippen LogP contribution in [0.3, 0.4) is 0 Å². The summed E-state index contributed by atoms with van der Waals surface area (Å²) in [7, 11) is 0. The van der Waals surface area contributed by atoms with Gasteiger partial charge in [0.2, 0.25) is 5.24 Å². The predicted molar refractivity (Wildman–Crippen MR) is 54.9 cm³/mol. The lowest BCUT2D eigenvalue weighted by molar-refractivity contribution is -0.118. The molecule has 0 aliphatic carbocycles. The van der Waals surface area contributed by atoms with Crippen molar-refractivity contribution in [2.24, 2.45) is 0 Å². The van der Waals surface area contributed by atoms with Crippen molar-refractivity contribution in [3.63, 3.8) is 0 Å². The number of nitrogens with zero attached hydrogens (tertiary/aromatic N) is 1. The molecule has 0 saturated carbocycles. The molecule has 0 spiro atoms. The van der Waals surface area contributed by atoms with E-state index in [9.17, 15) is 4.79 Å². The van der Waals surface area contributed by atoms with Gasteiger partial charge in [-0.2, -0.15) is 0 Å². The molecule has 1 aliphatic heterocycles. The molecule has 0 radical (unpaired) electrons. The first-order valence-corrected chi connectivity index (χ1v) is 5.38. The third-order valence-electron chi connectivity index (χ3n) is 3.04. The molecule has 1 saturated heterocycles. The Bertz CT molecular complexity index is 185. The first-order valence-electron chi connectivity index (χ1n) is 5.00. The van der Waals surface area contributed by atoms with Crippen LogP contribution in [0.25, 0.3) is 0 Å². The summed E-state index contributed by atoms with van der Waals surface area (Å²) in [5, 5.41) is -0.236. The second kappa shape index (κ2) is 4.43.